The summed E-state index contributed by atoms with van der Waals surface area (Å²) < 4.78 is 0.834. The molecular formula is C15H16N4O2S2. The summed E-state index contributed by atoms with van der Waals surface area (Å²) in [6.45, 7) is 3.33. The van der Waals surface area contributed by atoms with Crippen molar-refractivity contribution in [1.29, 1.82) is 0 Å². The van der Waals surface area contributed by atoms with Crippen LogP contribution in [0.4, 0.5) is 5.13 Å². The van der Waals surface area contributed by atoms with Gasteiger partial charge in [-0.25, -0.2) is 0 Å². The Morgan fingerprint density at radius 1 is 1.17 bits per heavy atom. The predicted molar refractivity (Wildman–Crippen MR) is 91.2 cm³/mol. The van der Waals surface area contributed by atoms with E-state index in [0.717, 1.165) is 22.4 Å². The van der Waals surface area contributed by atoms with E-state index in [1.165, 1.54) is 28.0 Å². The summed E-state index contributed by atoms with van der Waals surface area (Å²) in [6, 6.07) is 6.93. The van der Waals surface area contributed by atoms with Gasteiger partial charge in [-0.15, -0.1) is 10.2 Å². The van der Waals surface area contributed by atoms with E-state index in [1.54, 1.807) is 24.3 Å². The molecule has 2 amide bonds. The molecule has 0 unspecified atom stereocenters. The minimum atomic E-state index is -0.214. The number of benzene rings is 1. The number of nitrogens with zero attached hydrogens (tertiary/aromatic N) is 3. The van der Waals surface area contributed by atoms with Crippen molar-refractivity contribution in [3.05, 3.63) is 35.4 Å². The second-order valence-corrected chi connectivity index (χ2v) is 7.28. The van der Waals surface area contributed by atoms with Gasteiger partial charge in [0.2, 0.25) is 5.13 Å². The van der Waals surface area contributed by atoms with Gasteiger partial charge in [0, 0.05) is 18.8 Å². The molecule has 0 saturated heterocycles. The largest absolute Gasteiger partial charge is 0.360 e. The van der Waals surface area contributed by atoms with Gasteiger partial charge in [-0.2, -0.15) is 0 Å². The summed E-state index contributed by atoms with van der Waals surface area (Å²) in [5, 5.41) is 12.1. The minimum absolute atomic E-state index is 0.214. The van der Waals surface area contributed by atoms with Gasteiger partial charge < -0.3 is 5.32 Å². The van der Waals surface area contributed by atoms with Crippen molar-refractivity contribution in [3.8, 4) is 0 Å². The van der Waals surface area contributed by atoms with Crippen LogP contribution in [-0.4, -0.2) is 45.8 Å². The van der Waals surface area contributed by atoms with E-state index in [2.05, 4.69) is 22.4 Å². The summed E-state index contributed by atoms with van der Waals surface area (Å²) in [5.41, 5.74) is 0.980. The molecule has 3 rings (SSSR count). The molecule has 0 saturated carbocycles. The highest BCUT2D eigenvalue weighted by atomic mass is 32.2. The summed E-state index contributed by atoms with van der Waals surface area (Å²) in [7, 11) is 0. The van der Waals surface area contributed by atoms with Crippen molar-refractivity contribution < 1.29 is 9.59 Å². The van der Waals surface area contributed by atoms with Crippen LogP contribution in [0.3, 0.4) is 0 Å². The highest BCUT2D eigenvalue weighted by molar-refractivity contribution is 8.01. The van der Waals surface area contributed by atoms with Crippen LogP contribution in [0, 0.1) is 0 Å². The molecule has 0 aliphatic carbocycles. The molecule has 2 heterocycles. The van der Waals surface area contributed by atoms with Crippen molar-refractivity contribution >= 4 is 40.0 Å². The highest BCUT2D eigenvalue weighted by Gasteiger charge is 2.34. The Labute approximate surface area is 142 Å². The fourth-order valence-corrected chi connectivity index (χ4v) is 4.01. The fraction of sp³-hybridized carbons (Fsp3) is 0.333. The van der Waals surface area contributed by atoms with E-state index < -0.39 is 0 Å². The molecule has 6 nitrogen and oxygen atoms in total. The van der Waals surface area contributed by atoms with E-state index >= 15 is 0 Å². The Kier molecular flexibility index (Phi) is 4.92. The monoisotopic (exact) mass is 348 g/mol. The number of amides is 2. The molecule has 2 aromatic rings. The maximum atomic E-state index is 12.2. The molecule has 0 bridgehead atoms. The topological polar surface area (TPSA) is 75.2 Å². The molecule has 0 spiro atoms. The first kappa shape index (κ1) is 15.9. The number of aromatic nitrogens is 2. The lowest BCUT2D eigenvalue weighted by Crippen LogP contribution is -2.31. The van der Waals surface area contributed by atoms with Crippen molar-refractivity contribution in [2.24, 2.45) is 0 Å². The minimum Gasteiger partial charge on any atom is -0.360 e. The summed E-state index contributed by atoms with van der Waals surface area (Å²) in [6.07, 6.45) is 1.03. The maximum absolute atomic E-state index is 12.2. The fourth-order valence-electron chi connectivity index (χ4n) is 2.24. The first-order valence-electron chi connectivity index (χ1n) is 7.36. The quantitative estimate of drug-likeness (QED) is 0.612. The third kappa shape index (κ3) is 3.37. The van der Waals surface area contributed by atoms with Crippen LogP contribution < -0.4 is 5.32 Å². The molecule has 1 N–H and O–H groups in total. The van der Waals surface area contributed by atoms with E-state index in [9.17, 15) is 9.59 Å². The van der Waals surface area contributed by atoms with E-state index in [-0.39, 0.29) is 11.8 Å². The molecule has 1 aliphatic rings. The molecule has 0 radical (unpaired) electrons. The normalized spacial score (nSPS) is 13.5. The van der Waals surface area contributed by atoms with E-state index in [4.69, 9.17) is 0 Å². The molecule has 8 heteroatoms. The second kappa shape index (κ2) is 7.10. The number of rotatable bonds is 7. The molecule has 120 valence electrons. The van der Waals surface area contributed by atoms with Gasteiger partial charge in [-0.3, -0.25) is 14.5 Å². The van der Waals surface area contributed by atoms with Gasteiger partial charge in [0.25, 0.3) is 11.8 Å². The number of carbonyl (C=O) groups excluding carboxylic acids is 2. The standard InChI is InChI=1S/C15H16N4O2S2/c1-2-7-16-14-17-18-15(23-14)22-9-8-19-12(20)10-5-3-4-6-11(10)13(19)21/h3-6H,2,7-9H2,1H3,(H,16,17). The Hall–Kier alpha value is -1.93. The van der Waals surface area contributed by atoms with Gasteiger partial charge >= 0.3 is 0 Å². The molecule has 1 aliphatic heterocycles. The lowest BCUT2D eigenvalue weighted by Gasteiger charge is -2.12. The van der Waals surface area contributed by atoms with Crippen molar-refractivity contribution in [2.45, 2.75) is 17.7 Å². The molecule has 1 aromatic carbocycles. The average molecular weight is 348 g/mol. The third-order valence-electron chi connectivity index (χ3n) is 3.35. The molecule has 0 fully saturated rings. The van der Waals surface area contributed by atoms with Crippen molar-refractivity contribution in [1.82, 2.24) is 15.1 Å². The number of hydrogen-bond acceptors (Lipinski definition) is 7. The van der Waals surface area contributed by atoms with Crippen LogP contribution in [-0.2, 0) is 0 Å². The van der Waals surface area contributed by atoms with Gasteiger partial charge in [0.05, 0.1) is 11.1 Å². The van der Waals surface area contributed by atoms with Gasteiger partial charge in [-0.05, 0) is 18.6 Å². The molecule has 1 aromatic heterocycles. The summed E-state index contributed by atoms with van der Waals surface area (Å²) in [5.74, 6) is 0.177. The Bertz CT molecular complexity index is 697. The van der Waals surface area contributed by atoms with Crippen molar-refractivity contribution in [3.63, 3.8) is 0 Å². The Morgan fingerprint density at radius 2 is 1.87 bits per heavy atom. The molecule has 23 heavy (non-hydrogen) atoms. The van der Waals surface area contributed by atoms with Gasteiger partial charge in [0.1, 0.15) is 0 Å². The van der Waals surface area contributed by atoms with E-state index in [0.29, 0.717) is 23.4 Å². The zero-order valence-electron chi connectivity index (χ0n) is 12.6. The predicted octanol–water partition coefficient (Wildman–Crippen LogP) is 2.75. The van der Waals surface area contributed by atoms with Gasteiger partial charge in [-0.1, -0.05) is 42.2 Å². The van der Waals surface area contributed by atoms with Crippen LogP contribution in [0.15, 0.2) is 28.6 Å². The first-order chi connectivity index (χ1) is 11.2. The zero-order valence-corrected chi connectivity index (χ0v) is 14.2. The Balaban J connectivity index is 1.55. The highest BCUT2D eigenvalue weighted by Crippen LogP contribution is 2.27. The van der Waals surface area contributed by atoms with Crippen LogP contribution in [0.5, 0.6) is 0 Å². The number of thioether (sulfide) groups is 1. The average Bonchev–Trinajstić information content (AvgIpc) is 3.12. The third-order valence-corrected chi connectivity index (χ3v) is 5.35. The lowest BCUT2D eigenvalue weighted by atomic mass is 10.1. The SMILES string of the molecule is CCCNc1nnc(SCCN2C(=O)c3ccccc3C2=O)s1. The maximum Gasteiger partial charge on any atom is 0.261 e. The number of carbonyl (C=O) groups is 2. The zero-order chi connectivity index (χ0) is 16.2. The summed E-state index contributed by atoms with van der Waals surface area (Å²) in [4.78, 5) is 25.8. The van der Waals surface area contributed by atoms with Crippen molar-refractivity contribution in [2.75, 3.05) is 24.2 Å². The van der Waals surface area contributed by atoms with Crippen LogP contribution in [0.1, 0.15) is 34.1 Å². The summed E-state index contributed by atoms with van der Waals surface area (Å²) >= 11 is 2.99. The van der Waals surface area contributed by atoms with Crippen LogP contribution in [0.2, 0.25) is 0 Å². The smallest absolute Gasteiger partial charge is 0.261 e. The van der Waals surface area contributed by atoms with Crippen LogP contribution >= 0.6 is 23.1 Å². The molecule has 0 atom stereocenters. The molecular weight excluding hydrogens is 332 g/mol. The number of hydrogen-bond donors (Lipinski definition) is 1. The number of fused-ring (bicyclic) bond motifs is 1. The van der Waals surface area contributed by atoms with Gasteiger partial charge in [0.15, 0.2) is 4.34 Å². The number of nitrogens with one attached hydrogen (secondary N) is 1. The Morgan fingerprint density at radius 3 is 2.52 bits per heavy atom. The number of anilines is 1. The van der Waals surface area contributed by atoms with Crippen LogP contribution in [0.25, 0.3) is 0 Å². The van der Waals surface area contributed by atoms with E-state index in [1.807, 2.05) is 0 Å². The number of imide groups is 1. The second-order valence-electron chi connectivity index (χ2n) is 4.96. The first-order valence-corrected chi connectivity index (χ1v) is 9.16. The lowest BCUT2D eigenvalue weighted by molar-refractivity contribution is 0.0664.